The molecule has 0 aliphatic heterocycles. The fourth-order valence-corrected chi connectivity index (χ4v) is 2.34. The molecule has 106 valence electrons. The lowest BCUT2D eigenvalue weighted by molar-refractivity contribution is 0.253. The summed E-state index contributed by atoms with van der Waals surface area (Å²) >= 11 is 6.01. The van der Waals surface area contributed by atoms with E-state index in [4.69, 9.17) is 17.3 Å². The van der Waals surface area contributed by atoms with Crippen LogP contribution < -0.4 is 5.73 Å². The third-order valence-corrected chi connectivity index (χ3v) is 3.75. The molecule has 4 heteroatoms. The molecule has 2 rings (SSSR count). The maximum atomic E-state index is 13.3. The van der Waals surface area contributed by atoms with E-state index in [2.05, 4.69) is 11.8 Å². The highest BCUT2D eigenvalue weighted by molar-refractivity contribution is 6.30. The van der Waals surface area contributed by atoms with E-state index in [0.717, 1.165) is 11.1 Å². The van der Waals surface area contributed by atoms with Crippen LogP contribution in [-0.2, 0) is 6.54 Å². The highest BCUT2D eigenvalue weighted by atomic mass is 35.5. The molecule has 0 spiro atoms. The molecule has 2 aromatic carbocycles. The van der Waals surface area contributed by atoms with E-state index >= 15 is 0 Å². The average Bonchev–Trinajstić information content (AvgIpc) is 2.42. The zero-order valence-corrected chi connectivity index (χ0v) is 12.4. The van der Waals surface area contributed by atoms with Crippen LogP contribution in [-0.4, -0.2) is 11.9 Å². The molecule has 0 aliphatic rings. The Labute approximate surface area is 124 Å². The predicted molar refractivity (Wildman–Crippen MR) is 82.1 cm³/mol. The van der Waals surface area contributed by atoms with Gasteiger partial charge < -0.3 is 5.73 Å². The molecule has 20 heavy (non-hydrogen) atoms. The Morgan fingerprint density at radius 1 is 1.25 bits per heavy atom. The van der Waals surface area contributed by atoms with Gasteiger partial charge in [0, 0.05) is 23.3 Å². The van der Waals surface area contributed by atoms with E-state index < -0.39 is 0 Å². The smallest absolute Gasteiger partial charge is 0.123 e. The zero-order valence-electron chi connectivity index (χ0n) is 11.6. The third-order valence-electron chi connectivity index (χ3n) is 3.52. The standard InChI is InChI=1S/C16H18ClFN2/c1-11(12-4-3-5-14(17)8-12)20(2)10-13-9-15(18)6-7-16(13)19/h3-9,11H,10,19H2,1-2H3. The van der Waals surface area contributed by atoms with Crippen LogP contribution in [0.25, 0.3) is 0 Å². The highest BCUT2D eigenvalue weighted by Gasteiger charge is 2.13. The van der Waals surface area contributed by atoms with Crippen molar-refractivity contribution in [1.29, 1.82) is 0 Å². The van der Waals surface area contributed by atoms with Crippen LogP contribution in [0, 0.1) is 5.82 Å². The van der Waals surface area contributed by atoms with Crippen LogP contribution in [0.15, 0.2) is 42.5 Å². The van der Waals surface area contributed by atoms with Gasteiger partial charge in [-0.3, -0.25) is 4.90 Å². The molecule has 0 bridgehead atoms. The van der Waals surface area contributed by atoms with Crippen LogP contribution in [0.2, 0.25) is 5.02 Å². The zero-order chi connectivity index (χ0) is 14.7. The van der Waals surface area contributed by atoms with Gasteiger partial charge in [0.05, 0.1) is 0 Å². The molecule has 0 amide bonds. The van der Waals surface area contributed by atoms with Crippen LogP contribution >= 0.6 is 11.6 Å². The molecule has 2 aromatic rings. The van der Waals surface area contributed by atoms with Gasteiger partial charge in [-0.1, -0.05) is 23.7 Å². The molecule has 1 unspecified atom stereocenters. The van der Waals surface area contributed by atoms with Crippen LogP contribution in [0.3, 0.4) is 0 Å². The molecule has 2 N–H and O–H groups in total. The summed E-state index contributed by atoms with van der Waals surface area (Å²) in [7, 11) is 1.98. The van der Waals surface area contributed by atoms with E-state index in [1.165, 1.54) is 12.1 Å². The fourth-order valence-electron chi connectivity index (χ4n) is 2.14. The molecule has 0 aliphatic carbocycles. The van der Waals surface area contributed by atoms with Crippen molar-refractivity contribution in [3.8, 4) is 0 Å². The van der Waals surface area contributed by atoms with Gasteiger partial charge in [-0.15, -0.1) is 0 Å². The lowest BCUT2D eigenvalue weighted by Gasteiger charge is -2.26. The van der Waals surface area contributed by atoms with E-state index in [1.807, 2.05) is 31.3 Å². The number of anilines is 1. The van der Waals surface area contributed by atoms with Gasteiger partial charge in [0.1, 0.15) is 5.82 Å². The van der Waals surface area contributed by atoms with Crippen molar-refractivity contribution >= 4 is 17.3 Å². The fraction of sp³-hybridized carbons (Fsp3) is 0.250. The van der Waals surface area contributed by atoms with E-state index in [0.29, 0.717) is 17.3 Å². The maximum absolute atomic E-state index is 13.3. The molecule has 0 aromatic heterocycles. The minimum Gasteiger partial charge on any atom is -0.398 e. The molecule has 0 saturated heterocycles. The van der Waals surface area contributed by atoms with Crippen molar-refractivity contribution in [1.82, 2.24) is 4.90 Å². The van der Waals surface area contributed by atoms with Crippen molar-refractivity contribution in [3.05, 3.63) is 64.4 Å². The Kier molecular flexibility index (Phi) is 4.63. The summed E-state index contributed by atoms with van der Waals surface area (Å²) in [6.07, 6.45) is 0. The summed E-state index contributed by atoms with van der Waals surface area (Å²) in [5.41, 5.74) is 8.41. The normalized spacial score (nSPS) is 12.7. The number of nitrogen functional groups attached to an aromatic ring is 1. The first kappa shape index (κ1) is 14.8. The third kappa shape index (κ3) is 3.50. The predicted octanol–water partition coefficient (Wildman–Crippen LogP) is 4.25. The van der Waals surface area contributed by atoms with Crippen molar-refractivity contribution in [2.24, 2.45) is 0 Å². The van der Waals surface area contributed by atoms with E-state index in [9.17, 15) is 4.39 Å². The van der Waals surface area contributed by atoms with Gasteiger partial charge in [0.15, 0.2) is 0 Å². The van der Waals surface area contributed by atoms with Crippen LogP contribution in [0.4, 0.5) is 10.1 Å². The Hall–Kier alpha value is -1.58. The second-order valence-corrected chi connectivity index (χ2v) is 5.43. The summed E-state index contributed by atoms with van der Waals surface area (Å²) in [6.45, 7) is 2.67. The lowest BCUT2D eigenvalue weighted by Crippen LogP contribution is -2.22. The maximum Gasteiger partial charge on any atom is 0.123 e. The van der Waals surface area contributed by atoms with Crippen molar-refractivity contribution < 1.29 is 4.39 Å². The number of rotatable bonds is 4. The minimum absolute atomic E-state index is 0.163. The molecule has 0 radical (unpaired) electrons. The first-order valence-corrected chi connectivity index (χ1v) is 6.85. The Morgan fingerprint density at radius 3 is 2.70 bits per heavy atom. The van der Waals surface area contributed by atoms with Crippen molar-refractivity contribution in [3.63, 3.8) is 0 Å². The summed E-state index contributed by atoms with van der Waals surface area (Å²) in [4.78, 5) is 2.11. The van der Waals surface area contributed by atoms with Gasteiger partial charge in [0.2, 0.25) is 0 Å². The highest BCUT2D eigenvalue weighted by Crippen LogP contribution is 2.24. The molecular formula is C16H18ClFN2. The minimum atomic E-state index is -0.266. The van der Waals surface area contributed by atoms with Crippen molar-refractivity contribution in [2.45, 2.75) is 19.5 Å². The molecule has 1 atom stereocenters. The largest absolute Gasteiger partial charge is 0.398 e. The monoisotopic (exact) mass is 292 g/mol. The molecule has 2 nitrogen and oxygen atoms in total. The van der Waals surface area contributed by atoms with Gasteiger partial charge in [-0.05, 0) is 55.4 Å². The summed E-state index contributed by atoms with van der Waals surface area (Å²) < 4.78 is 13.3. The quantitative estimate of drug-likeness (QED) is 0.854. The summed E-state index contributed by atoms with van der Waals surface area (Å²) in [6, 6.07) is 12.4. The molecular weight excluding hydrogens is 275 g/mol. The van der Waals surface area contributed by atoms with Crippen molar-refractivity contribution in [2.75, 3.05) is 12.8 Å². The van der Waals surface area contributed by atoms with Gasteiger partial charge in [0.25, 0.3) is 0 Å². The number of hydrogen-bond donors (Lipinski definition) is 1. The van der Waals surface area contributed by atoms with Crippen LogP contribution in [0.5, 0.6) is 0 Å². The lowest BCUT2D eigenvalue weighted by atomic mass is 10.1. The first-order valence-electron chi connectivity index (χ1n) is 6.47. The Morgan fingerprint density at radius 2 is 2.00 bits per heavy atom. The average molecular weight is 293 g/mol. The Balaban J connectivity index is 2.15. The SMILES string of the molecule is CC(c1cccc(Cl)c1)N(C)Cc1cc(F)ccc1N. The number of halogens is 2. The first-order chi connectivity index (χ1) is 9.47. The molecule has 0 fully saturated rings. The molecule has 0 heterocycles. The summed E-state index contributed by atoms with van der Waals surface area (Å²) in [5, 5.41) is 0.716. The van der Waals surface area contributed by atoms with Gasteiger partial charge >= 0.3 is 0 Å². The number of hydrogen-bond acceptors (Lipinski definition) is 2. The molecule has 0 saturated carbocycles. The topological polar surface area (TPSA) is 29.3 Å². The number of benzene rings is 2. The van der Waals surface area contributed by atoms with E-state index in [1.54, 1.807) is 6.07 Å². The van der Waals surface area contributed by atoms with Gasteiger partial charge in [-0.25, -0.2) is 4.39 Å². The second kappa shape index (κ2) is 6.25. The second-order valence-electron chi connectivity index (χ2n) is 4.99. The summed E-state index contributed by atoms with van der Waals surface area (Å²) in [5.74, 6) is -0.266. The number of nitrogens with two attached hydrogens (primary N) is 1. The number of nitrogens with zero attached hydrogens (tertiary/aromatic N) is 1. The van der Waals surface area contributed by atoms with Crippen LogP contribution in [0.1, 0.15) is 24.1 Å². The van der Waals surface area contributed by atoms with E-state index in [-0.39, 0.29) is 11.9 Å². The van der Waals surface area contributed by atoms with Gasteiger partial charge in [-0.2, -0.15) is 0 Å². The Bertz CT molecular complexity index is 601.